The minimum absolute atomic E-state index is 0.00470. The predicted octanol–water partition coefficient (Wildman–Crippen LogP) is 4.16. The van der Waals surface area contributed by atoms with E-state index in [-0.39, 0.29) is 17.3 Å². The molecule has 0 spiro atoms. The van der Waals surface area contributed by atoms with E-state index < -0.39 is 0 Å². The summed E-state index contributed by atoms with van der Waals surface area (Å²) in [5, 5.41) is 2.74. The van der Waals surface area contributed by atoms with Gasteiger partial charge < -0.3 is 10.1 Å². The first-order valence-electron chi connectivity index (χ1n) is 9.90. The van der Waals surface area contributed by atoms with Gasteiger partial charge in [0.05, 0.1) is 0 Å². The molecule has 0 atom stereocenters. The van der Waals surface area contributed by atoms with Gasteiger partial charge in [0.25, 0.3) is 0 Å². The van der Waals surface area contributed by atoms with E-state index in [2.05, 4.69) is 10.3 Å². The Labute approximate surface area is 158 Å². The molecule has 27 heavy (non-hydrogen) atoms. The van der Waals surface area contributed by atoms with Crippen molar-refractivity contribution in [1.82, 2.24) is 0 Å². The number of ether oxygens (including phenoxy) is 1. The number of benzene rings is 1. The lowest BCUT2D eigenvalue weighted by molar-refractivity contribution is -0.131. The van der Waals surface area contributed by atoms with E-state index in [1.54, 1.807) is 6.08 Å². The van der Waals surface area contributed by atoms with Crippen molar-refractivity contribution < 1.29 is 14.3 Å². The van der Waals surface area contributed by atoms with Crippen LogP contribution in [0.25, 0.3) is 6.08 Å². The van der Waals surface area contributed by atoms with Gasteiger partial charge in [0, 0.05) is 18.0 Å². The van der Waals surface area contributed by atoms with E-state index >= 15 is 0 Å². The van der Waals surface area contributed by atoms with Crippen LogP contribution in [0.3, 0.4) is 0 Å². The molecule has 0 radical (unpaired) electrons. The van der Waals surface area contributed by atoms with E-state index in [0.717, 1.165) is 48.3 Å². The van der Waals surface area contributed by atoms with Crippen molar-refractivity contribution in [2.45, 2.75) is 45.4 Å². The van der Waals surface area contributed by atoms with Crippen molar-refractivity contribution in [3.8, 4) is 0 Å². The first kappa shape index (κ1) is 16.7. The van der Waals surface area contributed by atoms with Crippen LogP contribution < -0.4 is 5.32 Å². The Morgan fingerprint density at radius 2 is 1.70 bits per heavy atom. The Balaban J connectivity index is 1.40. The number of carbonyl (C=O) groups is 2. The third-order valence-corrected chi connectivity index (χ3v) is 6.65. The first-order chi connectivity index (χ1) is 13.0. The fourth-order valence-electron chi connectivity index (χ4n) is 6.03. The lowest BCUT2D eigenvalue weighted by Gasteiger charge is -2.55. The Hall–Kier alpha value is -2.43. The Morgan fingerprint density at radius 1 is 1.11 bits per heavy atom. The van der Waals surface area contributed by atoms with Crippen molar-refractivity contribution in [1.29, 1.82) is 0 Å². The average molecular weight is 364 g/mol. The Kier molecular flexibility index (Phi) is 3.74. The van der Waals surface area contributed by atoms with Gasteiger partial charge >= 0.3 is 5.97 Å². The molecular weight excluding hydrogens is 340 g/mol. The molecule has 140 valence electrons. The lowest BCUT2D eigenvalue weighted by atomic mass is 9.49. The van der Waals surface area contributed by atoms with E-state index in [1.807, 2.05) is 24.3 Å². The largest absolute Gasteiger partial charge is 0.406 e. The zero-order chi connectivity index (χ0) is 18.6. The van der Waals surface area contributed by atoms with E-state index in [9.17, 15) is 9.59 Å². The fourth-order valence-corrected chi connectivity index (χ4v) is 6.03. The number of nitrogens with zero attached hydrogens (tertiary/aromatic N) is 1. The number of aliphatic imine (C=N–C) groups is 1. The molecule has 5 nitrogen and oxygen atoms in total. The maximum Gasteiger partial charge on any atom is 0.363 e. The molecule has 0 aromatic heterocycles. The molecule has 1 aromatic carbocycles. The van der Waals surface area contributed by atoms with Crippen LogP contribution in [0.1, 0.15) is 51.0 Å². The SMILES string of the molecule is CC(=O)Nc1ccc(/C=C2\N=C(C34CC5CC(CC(C5)C3)C4)OC2=O)cc1. The van der Waals surface area contributed by atoms with Crippen LogP contribution in [0.15, 0.2) is 35.0 Å². The van der Waals surface area contributed by atoms with Gasteiger partial charge in [-0.1, -0.05) is 12.1 Å². The van der Waals surface area contributed by atoms with Crippen molar-refractivity contribution in [3.63, 3.8) is 0 Å². The molecule has 0 unspecified atom stereocenters. The molecule has 4 aliphatic carbocycles. The van der Waals surface area contributed by atoms with Gasteiger partial charge in [0.1, 0.15) is 0 Å². The van der Waals surface area contributed by atoms with Gasteiger partial charge in [-0.25, -0.2) is 9.79 Å². The molecule has 5 heteroatoms. The highest BCUT2D eigenvalue weighted by Gasteiger charge is 2.55. The van der Waals surface area contributed by atoms with E-state index in [1.165, 1.54) is 26.2 Å². The van der Waals surface area contributed by atoms with Crippen molar-refractivity contribution in [2.75, 3.05) is 5.32 Å². The number of esters is 1. The monoisotopic (exact) mass is 364 g/mol. The smallest absolute Gasteiger partial charge is 0.363 e. The van der Waals surface area contributed by atoms with Gasteiger partial charge in [-0.2, -0.15) is 0 Å². The van der Waals surface area contributed by atoms with Crippen molar-refractivity contribution in [3.05, 3.63) is 35.5 Å². The highest BCUT2D eigenvalue weighted by molar-refractivity contribution is 6.09. The van der Waals surface area contributed by atoms with Gasteiger partial charge in [0.2, 0.25) is 11.8 Å². The minimum atomic E-state index is -0.341. The molecule has 1 N–H and O–H groups in total. The van der Waals surface area contributed by atoms with Crippen LogP contribution >= 0.6 is 0 Å². The number of rotatable bonds is 3. The van der Waals surface area contributed by atoms with Crippen LogP contribution in [-0.2, 0) is 14.3 Å². The quantitative estimate of drug-likeness (QED) is 0.647. The summed E-state index contributed by atoms with van der Waals surface area (Å²) in [6.45, 7) is 1.48. The normalized spacial score (nSPS) is 35.3. The summed E-state index contributed by atoms with van der Waals surface area (Å²) in [5.74, 6) is 2.58. The topological polar surface area (TPSA) is 67.8 Å². The zero-order valence-electron chi connectivity index (χ0n) is 15.5. The fraction of sp³-hybridized carbons (Fsp3) is 0.500. The second kappa shape index (κ2) is 6.04. The molecule has 4 saturated carbocycles. The number of cyclic esters (lactones) is 1. The molecular formula is C22H24N2O3. The summed E-state index contributed by atoms with van der Waals surface area (Å²) >= 11 is 0. The molecule has 4 bridgehead atoms. The first-order valence-corrected chi connectivity index (χ1v) is 9.90. The highest BCUT2D eigenvalue weighted by atomic mass is 16.6. The Bertz CT molecular complexity index is 831. The predicted molar refractivity (Wildman–Crippen MR) is 103 cm³/mol. The highest BCUT2D eigenvalue weighted by Crippen LogP contribution is 2.61. The summed E-state index contributed by atoms with van der Waals surface area (Å²) in [7, 11) is 0. The van der Waals surface area contributed by atoms with Crippen molar-refractivity contribution >= 4 is 29.5 Å². The van der Waals surface area contributed by atoms with Crippen LogP contribution in [0.2, 0.25) is 0 Å². The maximum atomic E-state index is 12.4. The Morgan fingerprint density at radius 3 is 2.26 bits per heavy atom. The van der Waals surface area contributed by atoms with Gasteiger partial charge in [-0.3, -0.25) is 4.79 Å². The summed E-state index contributed by atoms with van der Waals surface area (Å²) in [5.41, 5.74) is 1.98. The number of amides is 1. The van der Waals surface area contributed by atoms with Gasteiger partial charge in [0.15, 0.2) is 5.70 Å². The van der Waals surface area contributed by atoms with E-state index in [0.29, 0.717) is 11.6 Å². The van der Waals surface area contributed by atoms with Crippen LogP contribution in [0, 0.1) is 23.2 Å². The van der Waals surface area contributed by atoms with Gasteiger partial charge in [-0.15, -0.1) is 0 Å². The second-order valence-corrected chi connectivity index (χ2v) is 8.84. The summed E-state index contributed by atoms with van der Waals surface area (Å²) in [4.78, 5) is 28.2. The molecule has 1 amide bonds. The third kappa shape index (κ3) is 2.99. The average Bonchev–Trinajstić information content (AvgIpc) is 2.97. The molecule has 6 rings (SSSR count). The standard InChI is InChI=1S/C22H24N2O3/c1-13(25)23-18-4-2-14(3-5-18)9-19-20(26)27-21(24-19)22-10-15-6-16(11-22)8-17(7-15)12-22/h2-5,9,15-17H,6-8,10-12H2,1H3,(H,23,25)/b19-9-. The van der Waals surface area contributed by atoms with Crippen LogP contribution in [0.4, 0.5) is 5.69 Å². The molecule has 4 fully saturated rings. The molecule has 1 aromatic rings. The lowest BCUT2D eigenvalue weighted by Crippen LogP contribution is -2.50. The number of hydrogen-bond acceptors (Lipinski definition) is 4. The van der Waals surface area contributed by atoms with Gasteiger partial charge in [-0.05, 0) is 80.1 Å². The zero-order valence-corrected chi connectivity index (χ0v) is 15.5. The number of carbonyl (C=O) groups excluding carboxylic acids is 2. The second-order valence-electron chi connectivity index (χ2n) is 8.84. The molecule has 5 aliphatic rings. The van der Waals surface area contributed by atoms with Crippen LogP contribution in [-0.4, -0.2) is 17.8 Å². The van der Waals surface area contributed by atoms with Crippen LogP contribution in [0.5, 0.6) is 0 Å². The molecule has 1 aliphatic heterocycles. The minimum Gasteiger partial charge on any atom is -0.406 e. The number of anilines is 1. The summed E-state index contributed by atoms with van der Waals surface area (Å²) in [6.07, 6.45) is 9.21. The van der Waals surface area contributed by atoms with E-state index in [4.69, 9.17) is 4.74 Å². The summed E-state index contributed by atoms with van der Waals surface area (Å²) < 4.78 is 5.69. The number of nitrogens with one attached hydrogen (secondary N) is 1. The molecule has 0 saturated heterocycles. The number of hydrogen-bond donors (Lipinski definition) is 1. The summed E-state index contributed by atoms with van der Waals surface area (Å²) in [6, 6.07) is 7.36. The third-order valence-electron chi connectivity index (χ3n) is 6.65. The van der Waals surface area contributed by atoms with Crippen molar-refractivity contribution in [2.24, 2.45) is 28.2 Å². The molecule has 1 heterocycles. The maximum absolute atomic E-state index is 12.4.